The zero-order valence-corrected chi connectivity index (χ0v) is 10.8. The Kier molecular flexibility index (Phi) is 3.19. The smallest absolute Gasteiger partial charge is 0.375 e. The zero-order chi connectivity index (χ0) is 14.8. The number of aromatic carboxylic acids is 1. The first-order valence-electron chi connectivity index (χ1n) is 6.17. The van der Waals surface area contributed by atoms with E-state index in [2.05, 4.69) is 10.1 Å². The van der Waals surface area contributed by atoms with Gasteiger partial charge in [0, 0.05) is 5.56 Å². The van der Waals surface area contributed by atoms with E-state index in [1.54, 1.807) is 30.3 Å². The summed E-state index contributed by atoms with van der Waals surface area (Å²) in [5, 5.41) is 13.0. The van der Waals surface area contributed by atoms with Crippen molar-refractivity contribution >= 4 is 5.97 Å². The Labute approximate surface area is 119 Å². The van der Waals surface area contributed by atoms with E-state index >= 15 is 0 Å². The fourth-order valence-electron chi connectivity index (χ4n) is 1.96. The van der Waals surface area contributed by atoms with Crippen LogP contribution in [0.2, 0.25) is 0 Å². The summed E-state index contributed by atoms with van der Waals surface area (Å²) in [5.41, 5.74) is 1.11. The molecule has 0 saturated carbocycles. The summed E-state index contributed by atoms with van der Waals surface area (Å²) in [5.74, 6) is -1.65. The van der Waals surface area contributed by atoms with Gasteiger partial charge in [-0.3, -0.25) is 0 Å². The molecule has 21 heavy (non-hydrogen) atoms. The van der Waals surface area contributed by atoms with Gasteiger partial charge >= 0.3 is 5.97 Å². The first-order valence-corrected chi connectivity index (χ1v) is 6.17. The predicted molar refractivity (Wildman–Crippen MR) is 73.7 cm³/mol. The van der Waals surface area contributed by atoms with Crippen LogP contribution >= 0.6 is 0 Å². The van der Waals surface area contributed by atoms with E-state index in [0.717, 1.165) is 0 Å². The Hall–Kier alpha value is -3.02. The summed E-state index contributed by atoms with van der Waals surface area (Å²) in [4.78, 5) is 15.1. The molecule has 3 aromatic rings. The molecule has 0 bridgehead atoms. The van der Waals surface area contributed by atoms with E-state index in [1.165, 1.54) is 22.9 Å². The molecule has 0 amide bonds. The Morgan fingerprint density at radius 2 is 1.86 bits per heavy atom. The molecule has 1 aromatic heterocycles. The van der Waals surface area contributed by atoms with Gasteiger partial charge in [0.15, 0.2) is 5.82 Å². The van der Waals surface area contributed by atoms with Crippen LogP contribution in [0.3, 0.4) is 0 Å². The van der Waals surface area contributed by atoms with Gasteiger partial charge in [-0.05, 0) is 18.2 Å². The molecular weight excluding hydrogens is 273 g/mol. The molecule has 0 fully saturated rings. The average Bonchev–Trinajstić information content (AvgIpc) is 2.93. The highest BCUT2D eigenvalue weighted by molar-refractivity contribution is 5.84. The van der Waals surface area contributed by atoms with Crippen molar-refractivity contribution in [2.75, 3.05) is 0 Å². The van der Waals surface area contributed by atoms with E-state index in [-0.39, 0.29) is 5.82 Å². The first kappa shape index (κ1) is 13.0. The minimum absolute atomic E-state index is 0.335. The maximum absolute atomic E-state index is 13.4. The molecule has 2 aromatic carbocycles. The Balaban J connectivity index is 2.21. The highest BCUT2D eigenvalue weighted by atomic mass is 19.1. The molecule has 0 aliphatic rings. The van der Waals surface area contributed by atoms with Gasteiger partial charge in [0.05, 0.1) is 5.69 Å². The van der Waals surface area contributed by atoms with Crippen LogP contribution in [0.1, 0.15) is 10.6 Å². The standard InChI is InChI=1S/C15H10FN3O2/c16-11-7-4-8-12(9-11)19-14(10-5-2-1-3-6-10)17-13(18-19)15(20)21/h1-9H,(H,20,21). The van der Waals surface area contributed by atoms with E-state index in [9.17, 15) is 9.18 Å². The lowest BCUT2D eigenvalue weighted by Gasteiger charge is -2.05. The van der Waals surface area contributed by atoms with Crippen molar-refractivity contribution in [3.8, 4) is 17.1 Å². The first-order chi connectivity index (χ1) is 10.1. The van der Waals surface area contributed by atoms with Gasteiger partial charge in [-0.1, -0.05) is 36.4 Å². The van der Waals surface area contributed by atoms with Crippen LogP contribution < -0.4 is 0 Å². The topological polar surface area (TPSA) is 68.0 Å². The summed E-state index contributed by atoms with van der Waals surface area (Å²) in [6, 6.07) is 14.8. The Morgan fingerprint density at radius 1 is 1.10 bits per heavy atom. The van der Waals surface area contributed by atoms with Crippen LogP contribution in [0.5, 0.6) is 0 Å². The Morgan fingerprint density at radius 3 is 2.52 bits per heavy atom. The van der Waals surface area contributed by atoms with Gasteiger partial charge in [0.2, 0.25) is 0 Å². The fourth-order valence-corrected chi connectivity index (χ4v) is 1.96. The van der Waals surface area contributed by atoms with Gasteiger partial charge in [-0.25, -0.2) is 18.9 Å². The second-order valence-corrected chi connectivity index (χ2v) is 4.32. The van der Waals surface area contributed by atoms with Crippen LogP contribution in [0.4, 0.5) is 4.39 Å². The quantitative estimate of drug-likeness (QED) is 0.802. The molecule has 0 aliphatic carbocycles. The van der Waals surface area contributed by atoms with Crippen molar-refractivity contribution in [2.24, 2.45) is 0 Å². The van der Waals surface area contributed by atoms with Gasteiger partial charge in [0.1, 0.15) is 5.82 Å². The molecule has 1 heterocycles. The number of nitrogens with zero attached hydrogens (tertiary/aromatic N) is 3. The highest BCUT2D eigenvalue weighted by Crippen LogP contribution is 2.21. The van der Waals surface area contributed by atoms with Gasteiger partial charge in [-0.15, -0.1) is 5.10 Å². The van der Waals surface area contributed by atoms with Crippen molar-refractivity contribution in [3.63, 3.8) is 0 Å². The molecule has 0 saturated heterocycles. The molecule has 5 nitrogen and oxygen atoms in total. The number of halogens is 1. The van der Waals surface area contributed by atoms with Crippen LogP contribution in [-0.4, -0.2) is 25.8 Å². The monoisotopic (exact) mass is 283 g/mol. The molecule has 0 radical (unpaired) electrons. The largest absolute Gasteiger partial charge is 0.475 e. The number of carboxylic acid groups (broad SMARTS) is 1. The van der Waals surface area contributed by atoms with Crippen LogP contribution in [0, 0.1) is 5.82 Å². The lowest BCUT2D eigenvalue weighted by atomic mass is 10.2. The SMILES string of the molecule is O=C(O)c1nc(-c2ccccc2)n(-c2cccc(F)c2)n1. The van der Waals surface area contributed by atoms with E-state index < -0.39 is 11.8 Å². The summed E-state index contributed by atoms with van der Waals surface area (Å²) < 4.78 is 14.7. The maximum Gasteiger partial charge on any atom is 0.375 e. The van der Waals surface area contributed by atoms with Crippen LogP contribution in [0.15, 0.2) is 54.6 Å². The summed E-state index contributed by atoms with van der Waals surface area (Å²) in [6.07, 6.45) is 0. The third kappa shape index (κ3) is 2.51. The molecule has 0 spiro atoms. The third-order valence-electron chi connectivity index (χ3n) is 2.88. The summed E-state index contributed by atoms with van der Waals surface area (Å²) >= 11 is 0. The van der Waals surface area contributed by atoms with Crippen molar-refractivity contribution < 1.29 is 14.3 Å². The number of rotatable bonds is 3. The zero-order valence-electron chi connectivity index (χ0n) is 10.8. The summed E-state index contributed by atoms with van der Waals surface area (Å²) in [7, 11) is 0. The molecule has 6 heteroatoms. The Bertz CT molecular complexity index is 800. The van der Waals surface area contributed by atoms with Gasteiger partial charge in [0.25, 0.3) is 5.82 Å². The number of carboxylic acids is 1. The van der Waals surface area contributed by atoms with Crippen LogP contribution in [-0.2, 0) is 0 Å². The maximum atomic E-state index is 13.4. The normalized spacial score (nSPS) is 10.5. The average molecular weight is 283 g/mol. The predicted octanol–water partition coefficient (Wildman–Crippen LogP) is 2.77. The van der Waals surface area contributed by atoms with E-state index in [4.69, 9.17) is 5.11 Å². The number of hydrogen-bond donors (Lipinski definition) is 1. The minimum atomic E-state index is -1.23. The number of benzene rings is 2. The lowest BCUT2D eigenvalue weighted by Crippen LogP contribution is -2.02. The molecule has 0 unspecified atom stereocenters. The van der Waals surface area contributed by atoms with Crippen molar-refractivity contribution in [1.29, 1.82) is 0 Å². The van der Waals surface area contributed by atoms with Crippen LogP contribution in [0.25, 0.3) is 17.1 Å². The van der Waals surface area contributed by atoms with E-state index in [0.29, 0.717) is 17.1 Å². The number of hydrogen-bond acceptors (Lipinski definition) is 3. The number of carbonyl (C=O) groups is 1. The number of aromatic nitrogens is 3. The minimum Gasteiger partial charge on any atom is -0.475 e. The second-order valence-electron chi connectivity index (χ2n) is 4.32. The summed E-state index contributed by atoms with van der Waals surface area (Å²) in [6.45, 7) is 0. The fraction of sp³-hybridized carbons (Fsp3) is 0. The van der Waals surface area contributed by atoms with Crippen molar-refractivity contribution in [2.45, 2.75) is 0 Å². The third-order valence-corrected chi connectivity index (χ3v) is 2.88. The van der Waals surface area contributed by atoms with Crippen molar-refractivity contribution in [1.82, 2.24) is 14.8 Å². The van der Waals surface area contributed by atoms with E-state index in [1.807, 2.05) is 6.07 Å². The molecule has 0 atom stereocenters. The molecular formula is C15H10FN3O2. The molecule has 104 valence electrons. The molecule has 3 rings (SSSR count). The van der Waals surface area contributed by atoms with Crippen molar-refractivity contribution in [3.05, 3.63) is 66.2 Å². The highest BCUT2D eigenvalue weighted by Gasteiger charge is 2.17. The van der Waals surface area contributed by atoms with Gasteiger partial charge in [-0.2, -0.15) is 0 Å². The van der Waals surface area contributed by atoms with Gasteiger partial charge < -0.3 is 5.11 Å². The second kappa shape index (κ2) is 5.16. The molecule has 1 N–H and O–H groups in total. The lowest BCUT2D eigenvalue weighted by molar-refractivity contribution is 0.0683. The molecule has 0 aliphatic heterocycles.